The van der Waals surface area contributed by atoms with Crippen molar-refractivity contribution in [3.8, 4) is 11.6 Å². The molecule has 0 saturated heterocycles. The van der Waals surface area contributed by atoms with Crippen LogP contribution in [0.15, 0.2) is 36.7 Å². The summed E-state index contributed by atoms with van der Waals surface area (Å²) in [5.41, 5.74) is 2.29. The fraction of sp³-hybridized carbons (Fsp3) is 0.211. The molecule has 1 aliphatic rings. The maximum atomic E-state index is 11.3. The summed E-state index contributed by atoms with van der Waals surface area (Å²) >= 11 is 1.36. The molecule has 3 heterocycles. The highest BCUT2D eigenvalue weighted by Gasteiger charge is 2.18. The Morgan fingerprint density at radius 2 is 2.17 bits per heavy atom. The van der Waals surface area contributed by atoms with Crippen molar-refractivity contribution in [1.29, 1.82) is 0 Å². The molecule has 29 heavy (non-hydrogen) atoms. The molecule has 0 unspecified atom stereocenters. The molecule has 0 radical (unpaired) electrons. The van der Waals surface area contributed by atoms with E-state index in [4.69, 9.17) is 9.84 Å². The Morgan fingerprint density at radius 3 is 2.90 bits per heavy atom. The molecule has 2 amide bonds. The number of benzene rings is 1. The van der Waals surface area contributed by atoms with E-state index in [0.29, 0.717) is 47.5 Å². The quantitative estimate of drug-likeness (QED) is 0.673. The van der Waals surface area contributed by atoms with E-state index in [1.807, 2.05) is 18.2 Å². The summed E-state index contributed by atoms with van der Waals surface area (Å²) in [6.45, 7) is 2.18. The molecule has 2 aromatic heterocycles. The number of rotatable bonds is 4. The number of nitrogens with zero attached hydrogens (tertiary/aromatic N) is 4. The highest BCUT2D eigenvalue weighted by molar-refractivity contribution is 7.22. The van der Waals surface area contributed by atoms with Gasteiger partial charge in [0.1, 0.15) is 11.8 Å². The Bertz CT molecular complexity index is 1130. The Kier molecular flexibility index (Phi) is 5.09. The molecule has 0 bridgehead atoms. The van der Waals surface area contributed by atoms with E-state index in [-0.39, 0.29) is 5.91 Å². The number of carbonyl (C=O) groups is 2. The van der Waals surface area contributed by atoms with Crippen LogP contribution in [0.2, 0.25) is 0 Å². The molecular weight excluding hydrogens is 394 g/mol. The first kappa shape index (κ1) is 18.8. The largest absolute Gasteiger partial charge is 0.465 e. The number of hydrogen-bond acceptors (Lipinski definition) is 7. The summed E-state index contributed by atoms with van der Waals surface area (Å²) < 4.78 is 6.83. The lowest BCUT2D eigenvalue weighted by Gasteiger charge is -2.23. The standard InChI is InChI=1S/C19H17N5O4S/c1-11(25)22-18-23-17-14(3-2-4-15(17)29-18)28-16-9-13(20-10-21-16)12-5-7-24(8-6-12)19(26)27/h2-5,9-10H,6-8H2,1H3,(H,26,27)(H,22,23,25). The van der Waals surface area contributed by atoms with Crippen molar-refractivity contribution in [2.24, 2.45) is 0 Å². The molecule has 9 nitrogen and oxygen atoms in total. The number of thiazole rings is 1. The molecule has 0 fully saturated rings. The number of nitrogens with one attached hydrogen (secondary N) is 1. The van der Waals surface area contributed by atoms with E-state index in [1.54, 1.807) is 12.1 Å². The minimum atomic E-state index is -0.929. The average molecular weight is 411 g/mol. The van der Waals surface area contributed by atoms with Gasteiger partial charge in [0.15, 0.2) is 10.9 Å². The molecule has 1 aromatic carbocycles. The predicted molar refractivity (Wildman–Crippen MR) is 108 cm³/mol. The number of carbonyl (C=O) groups excluding carboxylic acids is 1. The summed E-state index contributed by atoms with van der Waals surface area (Å²) in [5, 5.41) is 12.2. The first-order valence-corrected chi connectivity index (χ1v) is 9.65. The molecular formula is C19H17N5O4S. The van der Waals surface area contributed by atoms with Crippen LogP contribution in [0.4, 0.5) is 9.93 Å². The van der Waals surface area contributed by atoms with Crippen LogP contribution in [0.3, 0.4) is 0 Å². The van der Waals surface area contributed by atoms with Crippen molar-refractivity contribution in [2.45, 2.75) is 13.3 Å². The van der Waals surface area contributed by atoms with Gasteiger partial charge in [0.05, 0.1) is 10.4 Å². The van der Waals surface area contributed by atoms with Crippen LogP contribution < -0.4 is 10.1 Å². The van der Waals surface area contributed by atoms with Gasteiger partial charge in [0.2, 0.25) is 11.8 Å². The van der Waals surface area contributed by atoms with Gasteiger partial charge in [-0.25, -0.2) is 19.7 Å². The van der Waals surface area contributed by atoms with Crippen LogP contribution in [-0.4, -0.2) is 50.0 Å². The van der Waals surface area contributed by atoms with Crippen molar-refractivity contribution in [1.82, 2.24) is 19.9 Å². The SMILES string of the molecule is CC(=O)Nc1nc2c(Oc3cc(C4=CCN(C(=O)O)CC4)ncn3)cccc2s1. The predicted octanol–water partition coefficient (Wildman–Crippen LogP) is 3.60. The highest BCUT2D eigenvalue weighted by Crippen LogP contribution is 2.34. The third kappa shape index (κ3) is 4.16. The molecule has 3 aromatic rings. The van der Waals surface area contributed by atoms with Gasteiger partial charge in [-0.3, -0.25) is 4.79 Å². The van der Waals surface area contributed by atoms with Crippen molar-refractivity contribution < 1.29 is 19.4 Å². The van der Waals surface area contributed by atoms with Gasteiger partial charge in [0, 0.05) is 26.1 Å². The minimum absolute atomic E-state index is 0.186. The Morgan fingerprint density at radius 1 is 1.31 bits per heavy atom. The third-order valence-corrected chi connectivity index (χ3v) is 5.27. The van der Waals surface area contributed by atoms with E-state index in [9.17, 15) is 9.59 Å². The summed E-state index contributed by atoms with van der Waals surface area (Å²) in [4.78, 5) is 36.6. The van der Waals surface area contributed by atoms with Gasteiger partial charge in [-0.1, -0.05) is 23.5 Å². The highest BCUT2D eigenvalue weighted by atomic mass is 32.1. The smallest absolute Gasteiger partial charge is 0.407 e. The van der Waals surface area contributed by atoms with Gasteiger partial charge in [-0.2, -0.15) is 0 Å². The summed E-state index contributed by atoms with van der Waals surface area (Å²) in [6.07, 6.45) is 2.91. The lowest BCUT2D eigenvalue weighted by molar-refractivity contribution is -0.114. The zero-order chi connectivity index (χ0) is 20.4. The van der Waals surface area contributed by atoms with Crippen LogP contribution in [0.1, 0.15) is 19.0 Å². The number of para-hydroxylation sites is 1. The Labute approximate surface area is 169 Å². The normalized spacial score (nSPS) is 13.8. The molecule has 148 valence electrons. The molecule has 2 N–H and O–H groups in total. The second kappa shape index (κ2) is 7.84. The number of anilines is 1. The topological polar surface area (TPSA) is 118 Å². The van der Waals surface area contributed by atoms with Crippen molar-refractivity contribution in [2.75, 3.05) is 18.4 Å². The molecule has 0 saturated carbocycles. The molecule has 10 heteroatoms. The lowest BCUT2D eigenvalue weighted by Crippen LogP contribution is -2.33. The number of fused-ring (bicyclic) bond motifs is 1. The van der Waals surface area contributed by atoms with Gasteiger partial charge >= 0.3 is 6.09 Å². The first-order valence-electron chi connectivity index (χ1n) is 8.84. The average Bonchev–Trinajstić information content (AvgIpc) is 3.11. The van der Waals surface area contributed by atoms with Crippen LogP contribution in [-0.2, 0) is 4.79 Å². The van der Waals surface area contributed by atoms with Gasteiger partial charge in [0.25, 0.3) is 0 Å². The minimum Gasteiger partial charge on any atom is -0.465 e. The number of aromatic nitrogens is 3. The van der Waals surface area contributed by atoms with E-state index in [0.717, 1.165) is 10.3 Å². The molecule has 0 aliphatic carbocycles. The first-order chi connectivity index (χ1) is 14.0. The van der Waals surface area contributed by atoms with E-state index in [2.05, 4.69) is 20.3 Å². The molecule has 1 aliphatic heterocycles. The summed E-state index contributed by atoms with van der Waals surface area (Å²) in [6, 6.07) is 7.26. The van der Waals surface area contributed by atoms with Crippen LogP contribution in [0.5, 0.6) is 11.6 Å². The number of ether oxygens (including phenoxy) is 1. The Balaban J connectivity index is 1.58. The third-order valence-electron chi connectivity index (χ3n) is 4.33. The number of carboxylic acid groups (broad SMARTS) is 1. The van der Waals surface area contributed by atoms with Crippen LogP contribution >= 0.6 is 11.3 Å². The van der Waals surface area contributed by atoms with Crippen LogP contribution in [0.25, 0.3) is 15.8 Å². The summed E-state index contributed by atoms with van der Waals surface area (Å²) in [7, 11) is 0. The van der Waals surface area contributed by atoms with Gasteiger partial charge < -0.3 is 20.1 Å². The number of amides is 2. The molecule has 0 spiro atoms. The maximum Gasteiger partial charge on any atom is 0.407 e. The van der Waals surface area contributed by atoms with Crippen molar-refractivity contribution >= 4 is 44.3 Å². The second-order valence-electron chi connectivity index (χ2n) is 6.35. The van der Waals surface area contributed by atoms with Gasteiger partial charge in [-0.15, -0.1) is 0 Å². The number of hydrogen-bond donors (Lipinski definition) is 2. The molecule has 4 rings (SSSR count). The Hall–Kier alpha value is -3.53. The summed E-state index contributed by atoms with van der Waals surface area (Å²) in [5.74, 6) is 0.696. The zero-order valence-corrected chi connectivity index (χ0v) is 16.3. The van der Waals surface area contributed by atoms with E-state index in [1.165, 1.54) is 29.5 Å². The van der Waals surface area contributed by atoms with Crippen molar-refractivity contribution in [3.05, 3.63) is 42.4 Å². The van der Waals surface area contributed by atoms with E-state index < -0.39 is 6.09 Å². The zero-order valence-electron chi connectivity index (χ0n) is 15.5. The lowest BCUT2D eigenvalue weighted by atomic mass is 10.0. The second-order valence-corrected chi connectivity index (χ2v) is 7.39. The maximum absolute atomic E-state index is 11.3. The fourth-order valence-electron chi connectivity index (χ4n) is 2.97. The monoisotopic (exact) mass is 411 g/mol. The van der Waals surface area contributed by atoms with Gasteiger partial charge in [-0.05, 0) is 24.1 Å². The fourth-order valence-corrected chi connectivity index (χ4v) is 3.90. The van der Waals surface area contributed by atoms with Crippen LogP contribution in [0, 0.1) is 0 Å². The molecule has 0 atom stereocenters. The van der Waals surface area contributed by atoms with E-state index >= 15 is 0 Å². The van der Waals surface area contributed by atoms with Crippen molar-refractivity contribution in [3.63, 3.8) is 0 Å².